The highest BCUT2D eigenvalue weighted by molar-refractivity contribution is 5.81. The van der Waals surface area contributed by atoms with Crippen LogP contribution in [0.15, 0.2) is 59.6 Å². The number of benzene rings is 2. The Hall–Kier alpha value is -2.49. The van der Waals surface area contributed by atoms with E-state index in [9.17, 15) is 0 Å². The number of ether oxygens (including phenoxy) is 1. The van der Waals surface area contributed by atoms with Crippen LogP contribution in [0.25, 0.3) is 0 Å². The molecule has 0 saturated carbocycles. The lowest BCUT2D eigenvalue weighted by Crippen LogP contribution is -2.33. The number of aliphatic imine (C=N–C) groups is 1. The Balaban J connectivity index is 1.62. The molecule has 1 aliphatic heterocycles. The normalized spacial score (nSPS) is 13.4. The fourth-order valence-electron chi connectivity index (χ4n) is 2.22. The molecule has 0 atom stereocenters. The van der Waals surface area contributed by atoms with Gasteiger partial charge in [-0.25, -0.2) is 0 Å². The van der Waals surface area contributed by atoms with Crippen LogP contribution in [-0.2, 0) is 13.2 Å². The molecular weight excluding hydrogens is 262 g/mol. The molecule has 0 spiro atoms. The first kappa shape index (κ1) is 13.5. The highest BCUT2D eigenvalue weighted by atomic mass is 16.5. The van der Waals surface area contributed by atoms with Crippen molar-refractivity contribution in [1.29, 1.82) is 0 Å². The minimum absolute atomic E-state index is 0.580. The summed E-state index contributed by atoms with van der Waals surface area (Å²) in [7, 11) is 0. The number of para-hydroxylation sites is 1. The van der Waals surface area contributed by atoms with E-state index in [1.807, 2.05) is 36.4 Å². The van der Waals surface area contributed by atoms with Crippen LogP contribution in [0, 0.1) is 0 Å². The molecule has 0 fully saturated rings. The largest absolute Gasteiger partial charge is 0.489 e. The van der Waals surface area contributed by atoms with E-state index >= 15 is 0 Å². The second-order valence-electron chi connectivity index (χ2n) is 4.89. The van der Waals surface area contributed by atoms with Crippen molar-refractivity contribution in [2.75, 3.05) is 13.1 Å². The molecule has 4 heteroatoms. The molecular formula is C17H19N3O. The van der Waals surface area contributed by atoms with E-state index in [1.54, 1.807) is 0 Å². The SMILES string of the molecule is c1ccc(COc2ccccc2CNC2=NCCN2)cc1. The van der Waals surface area contributed by atoms with Gasteiger partial charge in [-0.1, -0.05) is 48.5 Å². The summed E-state index contributed by atoms with van der Waals surface area (Å²) in [5.74, 6) is 1.78. The summed E-state index contributed by atoms with van der Waals surface area (Å²) in [6, 6.07) is 18.3. The first-order valence-electron chi connectivity index (χ1n) is 7.18. The van der Waals surface area contributed by atoms with Crippen LogP contribution in [-0.4, -0.2) is 19.0 Å². The average molecular weight is 281 g/mol. The zero-order valence-electron chi connectivity index (χ0n) is 11.9. The highest BCUT2D eigenvalue weighted by Gasteiger charge is 2.07. The molecule has 0 bridgehead atoms. The first-order chi connectivity index (χ1) is 10.4. The summed E-state index contributed by atoms with van der Waals surface area (Å²) in [4.78, 5) is 4.33. The monoisotopic (exact) mass is 281 g/mol. The third kappa shape index (κ3) is 3.75. The van der Waals surface area contributed by atoms with Gasteiger partial charge in [-0.3, -0.25) is 4.99 Å². The fourth-order valence-corrected chi connectivity index (χ4v) is 2.22. The second kappa shape index (κ2) is 6.79. The minimum atomic E-state index is 0.580. The zero-order valence-corrected chi connectivity index (χ0v) is 11.9. The molecule has 0 unspecified atom stereocenters. The Morgan fingerprint density at radius 3 is 2.67 bits per heavy atom. The molecule has 0 saturated heterocycles. The van der Waals surface area contributed by atoms with Crippen molar-refractivity contribution < 1.29 is 4.74 Å². The maximum Gasteiger partial charge on any atom is 0.191 e. The van der Waals surface area contributed by atoms with Crippen molar-refractivity contribution in [3.8, 4) is 5.75 Å². The third-order valence-electron chi connectivity index (χ3n) is 3.33. The van der Waals surface area contributed by atoms with Gasteiger partial charge in [-0.2, -0.15) is 0 Å². The van der Waals surface area contributed by atoms with Crippen LogP contribution in [0.5, 0.6) is 5.75 Å². The van der Waals surface area contributed by atoms with Gasteiger partial charge in [0.25, 0.3) is 0 Å². The van der Waals surface area contributed by atoms with E-state index in [1.165, 1.54) is 5.56 Å². The van der Waals surface area contributed by atoms with Crippen molar-refractivity contribution in [2.24, 2.45) is 4.99 Å². The second-order valence-corrected chi connectivity index (χ2v) is 4.89. The number of rotatable bonds is 5. The van der Waals surface area contributed by atoms with Gasteiger partial charge in [0.05, 0.1) is 6.54 Å². The van der Waals surface area contributed by atoms with Gasteiger partial charge in [0.1, 0.15) is 12.4 Å². The number of nitrogens with zero attached hydrogens (tertiary/aromatic N) is 1. The Morgan fingerprint density at radius 1 is 1.05 bits per heavy atom. The van der Waals surface area contributed by atoms with Crippen LogP contribution in [0.2, 0.25) is 0 Å². The molecule has 1 heterocycles. The van der Waals surface area contributed by atoms with Gasteiger partial charge in [0.2, 0.25) is 0 Å². The van der Waals surface area contributed by atoms with E-state index in [-0.39, 0.29) is 0 Å². The highest BCUT2D eigenvalue weighted by Crippen LogP contribution is 2.19. The summed E-state index contributed by atoms with van der Waals surface area (Å²) in [6.45, 7) is 3.04. The maximum absolute atomic E-state index is 5.94. The molecule has 0 radical (unpaired) electrons. The maximum atomic E-state index is 5.94. The average Bonchev–Trinajstić information content (AvgIpc) is 3.06. The Bertz CT molecular complexity index is 610. The standard InChI is InChI=1S/C17H19N3O/c1-2-6-14(7-3-1)13-21-16-9-5-4-8-15(16)12-20-17-18-10-11-19-17/h1-9H,10-13H2,(H2,18,19,20). The molecule has 3 rings (SSSR count). The van der Waals surface area contributed by atoms with Gasteiger partial charge in [0, 0.05) is 18.7 Å². The summed E-state index contributed by atoms with van der Waals surface area (Å²) < 4.78 is 5.94. The number of hydrogen-bond acceptors (Lipinski definition) is 4. The predicted molar refractivity (Wildman–Crippen MR) is 84.4 cm³/mol. The van der Waals surface area contributed by atoms with E-state index in [2.05, 4.69) is 33.8 Å². The van der Waals surface area contributed by atoms with E-state index in [0.29, 0.717) is 13.2 Å². The van der Waals surface area contributed by atoms with Gasteiger partial charge in [0.15, 0.2) is 5.96 Å². The topological polar surface area (TPSA) is 45.6 Å². The summed E-state index contributed by atoms with van der Waals surface area (Å²) in [5.41, 5.74) is 2.30. The fraction of sp³-hybridized carbons (Fsp3) is 0.235. The molecule has 0 aliphatic carbocycles. The summed E-state index contributed by atoms with van der Waals surface area (Å²) in [5, 5.41) is 6.50. The lowest BCUT2D eigenvalue weighted by molar-refractivity contribution is 0.302. The number of hydrogen-bond donors (Lipinski definition) is 2. The van der Waals surface area contributed by atoms with Gasteiger partial charge < -0.3 is 15.4 Å². The molecule has 2 aromatic rings. The molecule has 2 N–H and O–H groups in total. The first-order valence-corrected chi connectivity index (χ1v) is 7.18. The van der Waals surface area contributed by atoms with E-state index < -0.39 is 0 Å². The minimum Gasteiger partial charge on any atom is -0.489 e. The van der Waals surface area contributed by atoms with Gasteiger partial charge >= 0.3 is 0 Å². The molecule has 4 nitrogen and oxygen atoms in total. The Kier molecular flexibility index (Phi) is 4.36. The molecule has 1 aliphatic rings. The Morgan fingerprint density at radius 2 is 1.86 bits per heavy atom. The lowest BCUT2D eigenvalue weighted by atomic mass is 10.2. The molecule has 0 amide bonds. The van der Waals surface area contributed by atoms with Crippen LogP contribution in [0.3, 0.4) is 0 Å². The Labute approximate surface area is 124 Å². The van der Waals surface area contributed by atoms with Crippen molar-refractivity contribution in [3.63, 3.8) is 0 Å². The lowest BCUT2D eigenvalue weighted by Gasteiger charge is -2.13. The van der Waals surface area contributed by atoms with Crippen molar-refractivity contribution >= 4 is 5.96 Å². The summed E-state index contributed by atoms with van der Waals surface area (Å²) in [6.07, 6.45) is 0. The smallest absolute Gasteiger partial charge is 0.191 e. The molecule has 2 aromatic carbocycles. The van der Waals surface area contributed by atoms with Gasteiger partial charge in [-0.05, 0) is 11.6 Å². The van der Waals surface area contributed by atoms with Crippen LogP contribution >= 0.6 is 0 Å². The van der Waals surface area contributed by atoms with Gasteiger partial charge in [-0.15, -0.1) is 0 Å². The predicted octanol–water partition coefficient (Wildman–Crippen LogP) is 2.31. The molecule has 108 valence electrons. The summed E-state index contributed by atoms with van der Waals surface area (Å²) >= 11 is 0. The number of guanidine groups is 1. The van der Waals surface area contributed by atoms with E-state index in [0.717, 1.165) is 30.4 Å². The van der Waals surface area contributed by atoms with Crippen LogP contribution < -0.4 is 15.4 Å². The van der Waals surface area contributed by atoms with Crippen molar-refractivity contribution in [2.45, 2.75) is 13.2 Å². The van der Waals surface area contributed by atoms with Crippen LogP contribution in [0.4, 0.5) is 0 Å². The van der Waals surface area contributed by atoms with Crippen molar-refractivity contribution in [3.05, 3.63) is 65.7 Å². The van der Waals surface area contributed by atoms with Crippen molar-refractivity contribution in [1.82, 2.24) is 10.6 Å². The quantitative estimate of drug-likeness (QED) is 0.884. The van der Waals surface area contributed by atoms with E-state index in [4.69, 9.17) is 4.74 Å². The zero-order chi connectivity index (χ0) is 14.3. The molecule has 21 heavy (non-hydrogen) atoms. The number of nitrogens with one attached hydrogen (secondary N) is 2. The molecule has 0 aromatic heterocycles. The third-order valence-corrected chi connectivity index (χ3v) is 3.33. The van der Waals surface area contributed by atoms with Crippen LogP contribution in [0.1, 0.15) is 11.1 Å².